The fraction of sp³-hybridized carbons (Fsp3) is 0.875. The van der Waals surface area contributed by atoms with Crippen molar-refractivity contribution in [1.82, 2.24) is 5.32 Å². The highest BCUT2D eigenvalue weighted by molar-refractivity contribution is 6.60. The maximum Gasteiger partial charge on any atom is 0.500 e. The molecule has 0 saturated heterocycles. The minimum Gasteiger partial charge on any atom is -0.481 e. The van der Waals surface area contributed by atoms with Crippen LogP contribution in [0, 0.1) is 11.8 Å². The Kier molecular flexibility index (Phi) is 9.49. The molecule has 2 atom stereocenters. The van der Waals surface area contributed by atoms with E-state index in [4.69, 9.17) is 18.4 Å². The second-order valence-electron chi connectivity index (χ2n) is 5.86. The maximum absolute atomic E-state index is 12.2. The number of hydrogen-bond acceptors (Lipinski definition) is 5. The van der Waals surface area contributed by atoms with Crippen molar-refractivity contribution in [1.29, 1.82) is 0 Å². The molecule has 0 heterocycles. The molecule has 1 fully saturated rings. The highest BCUT2D eigenvalue weighted by atomic mass is 28.4. The quantitative estimate of drug-likeness (QED) is 0.408. The Balaban J connectivity index is 2.44. The average molecular weight is 362 g/mol. The fourth-order valence-corrected chi connectivity index (χ4v) is 5.83. The van der Waals surface area contributed by atoms with Crippen LogP contribution < -0.4 is 5.32 Å². The molecule has 2 unspecified atom stereocenters. The zero-order chi connectivity index (χ0) is 18.0. The average Bonchev–Trinajstić information content (AvgIpc) is 3.02. The summed E-state index contributed by atoms with van der Waals surface area (Å²) in [6, 6.07) is 0.635. The highest BCUT2D eigenvalue weighted by Gasteiger charge is 2.40. The van der Waals surface area contributed by atoms with E-state index < -0.39 is 26.6 Å². The van der Waals surface area contributed by atoms with Crippen LogP contribution in [0.3, 0.4) is 0 Å². The lowest BCUT2D eigenvalue weighted by atomic mass is 9.95. The lowest BCUT2D eigenvalue weighted by molar-refractivity contribution is -0.146. The predicted molar refractivity (Wildman–Crippen MR) is 91.5 cm³/mol. The van der Waals surface area contributed by atoms with Crippen molar-refractivity contribution in [2.24, 2.45) is 11.8 Å². The fourth-order valence-electron chi connectivity index (χ4n) is 3.22. The molecule has 7 nitrogen and oxygen atoms in total. The van der Waals surface area contributed by atoms with Crippen molar-refractivity contribution in [3.05, 3.63) is 0 Å². The molecule has 8 heteroatoms. The van der Waals surface area contributed by atoms with Gasteiger partial charge in [-0.1, -0.05) is 6.42 Å². The summed E-state index contributed by atoms with van der Waals surface area (Å²) in [7, 11) is -2.68. The minimum atomic E-state index is -2.68. The lowest BCUT2D eigenvalue weighted by Crippen LogP contribution is -2.46. The number of aliphatic carboxylic acids is 1. The molecule has 0 radical (unpaired) electrons. The molecule has 140 valence electrons. The first kappa shape index (κ1) is 21.1. The van der Waals surface area contributed by atoms with Gasteiger partial charge in [-0.05, 0) is 40.0 Å². The van der Waals surface area contributed by atoms with Gasteiger partial charge in [0, 0.05) is 32.4 Å². The van der Waals surface area contributed by atoms with Crippen LogP contribution in [0.2, 0.25) is 6.04 Å². The minimum absolute atomic E-state index is 0.156. The van der Waals surface area contributed by atoms with E-state index in [2.05, 4.69) is 5.32 Å². The van der Waals surface area contributed by atoms with Gasteiger partial charge in [0.05, 0.1) is 11.8 Å². The molecule has 1 aliphatic carbocycles. The Morgan fingerprint density at radius 2 is 1.58 bits per heavy atom. The third-order valence-corrected chi connectivity index (χ3v) is 7.37. The van der Waals surface area contributed by atoms with Crippen LogP contribution in [0.4, 0.5) is 0 Å². The number of hydrogen-bond donors (Lipinski definition) is 2. The second kappa shape index (κ2) is 10.8. The summed E-state index contributed by atoms with van der Waals surface area (Å²) in [6.07, 6.45) is 2.72. The summed E-state index contributed by atoms with van der Waals surface area (Å²) in [6.45, 7) is 7.79. The van der Waals surface area contributed by atoms with E-state index in [0.29, 0.717) is 51.7 Å². The molecule has 0 bridgehead atoms. The Hall–Kier alpha value is -0.963. The molecule has 1 aliphatic rings. The van der Waals surface area contributed by atoms with Crippen LogP contribution in [-0.4, -0.2) is 52.2 Å². The monoisotopic (exact) mass is 361 g/mol. The van der Waals surface area contributed by atoms with E-state index in [0.717, 1.165) is 6.42 Å². The molecule has 0 aromatic carbocycles. The molecular weight excluding hydrogens is 330 g/mol. The van der Waals surface area contributed by atoms with Crippen molar-refractivity contribution < 1.29 is 28.0 Å². The van der Waals surface area contributed by atoms with Gasteiger partial charge in [-0.3, -0.25) is 9.59 Å². The van der Waals surface area contributed by atoms with Crippen molar-refractivity contribution in [2.75, 3.05) is 26.4 Å². The summed E-state index contributed by atoms with van der Waals surface area (Å²) in [4.78, 5) is 23.4. The van der Waals surface area contributed by atoms with Crippen molar-refractivity contribution in [3.63, 3.8) is 0 Å². The summed E-state index contributed by atoms with van der Waals surface area (Å²) in [5, 5.41) is 12.0. The van der Waals surface area contributed by atoms with Gasteiger partial charge in [-0.25, -0.2) is 0 Å². The first-order valence-electron chi connectivity index (χ1n) is 8.92. The molecule has 0 aromatic rings. The van der Waals surface area contributed by atoms with Crippen LogP contribution in [0.5, 0.6) is 0 Å². The zero-order valence-electron chi connectivity index (χ0n) is 15.0. The zero-order valence-corrected chi connectivity index (χ0v) is 16.0. The highest BCUT2D eigenvalue weighted by Crippen LogP contribution is 2.32. The topological polar surface area (TPSA) is 94.1 Å². The first-order valence-corrected chi connectivity index (χ1v) is 10.8. The molecule has 2 N–H and O–H groups in total. The Labute approximate surface area is 145 Å². The third kappa shape index (κ3) is 6.16. The largest absolute Gasteiger partial charge is 0.500 e. The number of rotatable bonds is 12. The third-order valence-electron chi connectivity index (χ3n) is 4.22. The number of nitrogens with one attached hydrogen (secondary N) is 1. The predicted octanol–water partition coefficient (Wildman–Crippen LogP) is 2.04. The van der Waals surface area contributed by atoms with Crippen molar-refractivity contribution in [2.45, 2.75) is 52.5 Å². The standard InChI is InChI=1S/C16H31NO6Si/c1-4-21-24(22-5-2,23-6-3)12-8-11-17-15(18)13-9-7-10-14(13)16(19)20/h13-14H,4-12H2,1-3H3,(H,17,18)(H,19,20). The van der Waals surface area contributed by atoms with Crippen LogP contribution in [0.1, 0.15) is 46.5 Å². The van der Waals surface area contributed by atoms with Crippen LogP contribution >= 0.6 is 0 Å². The van der Waals surface area contributed by atoms with Gasteiger partial charge in [-0.15, -0.1) is 0 Å². The van der Waals surface area contributed by atoms with Gasteiger partial charge in [0.15, 0.2) is 0 Å². The van der Waals surface area contributed by atoms with Crippen molar-refractivity contribution in [3.8, 4) is 0 Å². The van der Waals surface area contributed by atoms with Gasteiger partial charge >= 0.3 is 14.8 Å². The lowest BCUT2D eigenvalue weighted by Gasteiger charge is -2.28. The summed E-state index contributed by atoms with van der Waals surface area (Å²) in [5.41, 5.74) is 0. The van der Waals surface area contributed by atoms with Gasteiger partial charge in [0.1, 0.15) is 0 Å². The van der Waals surface area contributed by atoms with E-state index in [9.17, 15) is 9.59 Å². The summed E-state index contributed by atoms with van der Waals surface area (Å²) >= 11 is 0. The van der Waals surface area contributed by atoms with Gasteiger partial charge in [-0.2, -0.15) is 0 Å². The number of carbonyl (C=O) groups excluding carboxylic acids is 1. The van der Waals surface area contributed by atoms with Gasteiger partial charge in [0.25, 0.3) is 0 Å². The smallest absolute Gasteiger partial charge is 0.481 e. The molecule has 0 spiro atoms. The molecule has 1 amide bonds. The number of carboxylic acids is 1. The number of carbonyl (C=O) groups is 2. The molecule has 1 rings (SSSR count). The van der Waals surface area contributed by atoms with Crippen LogP contribution in [0.15, 0.2) is 0 Å². The van der Waals surface area contributed by atoms with Crippen LogP contribution in [0.25, 0.3) is 0 Å². The maximum atomic E-state index is 12.2. The number of carboxylic acid groups (broad SMARTS) is 1. The summed E-state index contributed by atoms with van der Waals surface area (Å²) in [5.74, 6) is -1.98. The Morgan fingerprint density at radius 1 is 1.04 bits per heavy atom. The molecule has 0 aliphatic heterocycles. The Bertz CT molecular complexity index is 389. The summed E-state index contributed by atoms with van der Waals surface area (Å²) < 4.78 is 17.3. The molecule has 24 heavy (non-hydrogen) atoms. The van der Waals surface area contributed by atoms with Gasteiger partial charge in [0.2, 0.25) is 5.91 Å². The molecular formula is C16H31NO6Si. The van der Waals surface area contributed by atoms with E-state index in [1.54, 1.807) is 0 Å². The first-order chi connectivity index (χ1) is 11.5. The molecule has 1 saturated carbocycles. The Morgan fingerprint density at radius 3 is 2.08 bits per heavy atom. The van der Waals surface area contributed by atoms with Crippen molar-refractivity contribution >= 4 is 20.7 Å². The number of amides is 1. The van der Waals surface area contributed by atoms with E-state index in [1.807, 2.05) is 20.8 Å². The van der Waals surface area contributed by atoms with Gasteiger partial charge < -0.3 is 23.7 Å². The molecule has 0 aromatic heterocycles. The normalized spacial score (nSPS) is 21.0. The van der Waals surface area contributed by atoms with Crippen LogP contribution in [-0.2, 0) is 22.9 Å². The van der Waals surface area contributed by atoms with E-state index in [1.165, 1.54) is 0 Å². The second-order valence-corrected chi connectivity index (χ2v) is 8.59. The van der Waals surface area contributed by atoms with E-state index in [-0.39, 0.29) is 5.91 Å². The SMILES string of the molecule is CCO[Si](CCCNC(=O)C1CCCC1C(=O)O)(OCC)OCC. The van der Waals surface area contributed by atoms with E-state index >= 15 is 0 Å².